The van der Waals surface area contributed by atoms with E-state index in [1.807, 2.05) is 25.3 Å². The summed E-state index contributed by atoms with van der Waals surface area (Å²) in [6.45, 7) is 3.05. The van der Waals surface area contributed by atoms with Gasteiger partial charge in [0.05, 0.1) is 7.11 Å². The van der Waals surface area contributed by atoms with Crippen LogP contribution in [0.1, 0.15) is 40.4 Å². The second-order valence-electron chi connectivity index (χ2n) is 7.47. The minimum absolute atomic E-state index is 0.0372. The van der Waals surface area contributed by atoms with Crippen LogP contribution in [0.5, 0.6) is 5.75 Å². The number of pyridine rings is 1. The number of rotatable bonds is 3. The lowest BCUT2D eigenvalue weighted by Gasteiger charge is -2.32. The fraction of sp³-hybridized carbons (Fsp3) is 0.304. The molecule has 4 rings (SSSR count). The minimum Gasteiger partial charge on any atom is -0.496 e. The third-order valence-electron chi connectivity index (χ3n) is 5.60. The number of methoxy groups -OCH3 is 1. The zero-order chi connectivity index (χ0) is 20.5. The number of aromatic nitrogens is 1. The Labute approximate surface area is 168 Å². The van der Waals surface area contributed by atoms with Crippen LogP contribution in [0.2, 0.25) is 0 Å². The molecule has 1 aromatic heterocycles. The summed E-state index contributed by atoms with van der Waals surface area (Å²) in [5.74, 6) is -0.957. The molecule has 2 aromatic carbocycles. The van der Waals surface area contributed by atoms with Crippen molar-refractivity contribution in [3.05, 3.63) is 71.1 Å². The summed E-state index contributed by atoms with van der Waals surface area (Å²) < 4.78 is 32.4. The van der Waals surface area contributed by atoms with Gasteiger partial charge in [-0.05, 0) is 61.0 Å². The number of nitrogens with zero attached hydrogens (tertiary/aromatic N) is 2. The molecule has 0 bridgehead atoms. The zero-order valence-electron chi connectivity index (χ0n) is 16.4. The summed E-state index contributed by atoms with van der Waals surface area (Å²) in [7, 11) is 1.65. The van der Waals surface area contributed by atoms with Crippen molar-refractivity contribution in [3.63, 3.8) is 0 Å². The van der Waals surface area contributed by atoms with Gasteiger partial charge in [-0.15, -0.1) is 0 Å². The average Bonchev–Trinajstić information content (AvgIpc) is 2.73. The first-order valence-electron chi connectivity index (χ1n) is 9.65. The van der Waals surface area contributed by atoms with Gasteiger partial charge in [0.25, 0.3) is 5.91 Å². The first-order valence-corrected chi connectivity index (χ1v) is 9.65. The topological polar surface area (TPSA) is 42.4 Å². The van der Waals surface area contributed by atoms with Crippen LogP contribution in [0, 0.1) is 18.6 Å². The fourth-order valence-electron chi connectivity index (χ4n) is 4.07. The van der Waals surface area contributed by atoms with Gasteiger partial charge in [0.2, 0.25) is 0 Å². The second kappa shape index (κ2) is 7.78. The number of likely N-dealkylation sites (tertiary alicyclic amines) is 1. The lowest BCUT2D eigenvalue weighted by Crippen LogP contribution is -2.39. The number of carbonyl (C=O) groups excluding carboxylic acids is 1. The van der Waals surface area contributed by atoms with Gasteiger partial charge >= 0.3 is 0 Å². The lowest BCUT2D eigenvalue weighted by molar-refractivity contribution is 0.0705. The molecule has 0 N–H and O–H groups in total. The van der Waals surface area contributed by atoms with E-state index in [4.69, 9.17) is 4.74 Å². The first kappa shape index (κ1) is 19.3. The average molecular weight is 396 g/mol. The number of hydrogen-bond donors (Lipinski definition) is 0. The molecule has 0 radical (unpaired) electrons. The van der Waals surface area contributed by atoms with Gasteiger partial charge in [-0.25, -0.2) is 8.78 Å². The van der Waals surface area contributed by atoms with Crippen molar-refractivity contribution in [2.75, 3.05) is 20.2 Å². The molecule has 0 spiro atoms. The molecule has 0 aliphatic carbocycles. The SMILES string of the molecule is COc1ccc2cnc(C3CCCN(C(=O)c4cc(F)cc(F)c4)C3)cc2c1C. The highest BCUT2D eigenvalue weighted by Crippen LogP contribution is 2.32. The number of benzene rings is 2. The van der Waals surface area contributed by atoms with Crippen LogP contribution in [0.3, 0.4) is 0 Å². The Morgan fingerprint density at radius 1 is 1.17 bits per heavy atom. The largest absolute Gasteiger partial charge is 0.496 e. The monoisotopic (exact) mass is 396 g/mol. The van der Waals surface area contributed by atoms with E-state index in [2.05, 4.69) is 11.1 Å². The highest BCUT2D eigenvalue weighted by molar-refractivity contribution is 5.94. The molecule has 1 amide bonds. The standard InChI is InChI=1S/C23H22F2N2O2/c1-14-20-11-21(26-12-15(20)5-6-22(14)29-2)16-4-3-7-27(13-16)23(28)17-8-18(24)10-19(25)9-17/h5-6,8-12,16H,3-4,7,13H2,1-2H3. The summed E-state index contributed by atoms with van der Waals surface area (Å²) in [4.78, 5) is 19.1. The van der Waals surface area contributed by atoms with Crippen LogP contribution in [-0.2, 0) is 0 Å². The summed E-state index contributed by atoms with van der Waals surface area (Å²) in [5.41, 5.74) is 2.00. The van der Waals surface area contributed by atoms with Crippen molar-refractivity contribution in [1.29, 1.82) is 0 Å². The molecule has 1 atom stereocenters. The van der Waals surface area contributed by atoms with Crippen molar-refractivity contribution in [2.24, 2.45) is 0 Å². The molecule has 4 nitrogen and oxygen atoms in total. The third kappa shape index (κ3) is 3.79. The van der Waals surface area contributed by atoms with Crippen molar-refractivity contribution < 1.29 is 18.3 Å². The summed E-state index contributed by atoms with van der Waals surface area (Å²) in [5, 5.41) is 2.11. The van der Waals surface area contributed by atoms with Crippen LogP contribution in [0.15, 0.2) is 42.6 Å². The van der Waals surface area contributed by atoms with Crippen LogP contribution in [-0.4, -0.2) is 36.0 Å². The molecular weight excluding hydrogens is 374 g/mol. The second-order valence-corrected chi connectivity index (χ2v) is 7.47. The number of carbonyl (C=O) groups is 1. The summed E-state index contributed by atoms with van der Waals surface area (Å²) >= 11 is 0. The van der Waals surface area contributed by atoms with Crippen molar-refractivity contribution in [2.45, 2.75) is 25.7 Å². The summed E-state index contributed by atoms with van der Waals surface area (Å²) in [6, 6.07) is 8.91. The number of amides is 1. The van der Waals surface area contributed by atoms with E-state index in [1.54, 1.807) is 12.0 Å². The number of ether oxygens (including phenoxy) is 1. The van der Waals surface area contributed by atoms with Crippen LogP contribution >= 0.6 is 0 Å². The van der Waals surface area contributed by atoms with Crippen LogP contribution in [0.4, 0.5) is 8.78 Å². The Kier molecular flexibility index (Phi) is 5.18. The molecule has 3 aromatic rings. The molecule has 6 heteroatoms. The molecule has 2 heterocycles. The highest BCUT2D eigenvalue weighted by Gasteiger charge is 2.27. The Morgan fingerprint density at radius 3 is 2.66 bits per heavy atom. The lowest BCUT2D eigenvalue weighted by atomic mass is 9.92. The summed E-state index contributed by atoms with van der Waals surface area (Å²) in [6.07, 6.45) is 3.56. The molecule has 1 aliphatic heterocycles. The predicted molar refractivity (Wildman–Crippen MR) is 107 cm³/mol. The maximum absolute atomic E-state index is 13.5. The molecule has 150 valence electrons. The fourth-order valence-corrected chi connectivity index (χ4v) is 4.07. The van der Waals surface area contributed by atoms with Crippen molar-refractivity contribution in [1.82, 2.24) is 9.88 Å². The molecule has 0 saturated carbocycles. The van der Waals surface area contributed by atoms with Gasteiger partial charge in [-0.2, -0.15) is 0 Å². The Hall–Kier alpha value is -3.02. The van der Waals surface area contributed by atoms with E-state index in [-0.39, 0.29) is 17.4 Å². The van der Waals surface area contributed by atoms with E-state index >= 15 is 0 Å². The Bertz CT molecular complexity index is 1060. The predicted octanol–water partition coefficient (Wildman–Crippen LogP) is 4.85. The number of piperidine rings is 1. The molecular formula is C23H22F2N2O2. The van der Waals surface area contributed by atoms with Gasteiger partial charge in [0, 0.05) is 47.9 Å². The number of aryl methyl sites for hydroxylation is 1. The van der Waals surface area contributed by atoms with Gasteiger partial charge in [0.15, 0.2) is 0 Å². The van der Waals surface area contributed by atoms with E-state index < -0.39 is 11.6 Å². The van der Waals surface area contributed by atoms with Gasteiger partial charge in [-0.3, -0.25) is 9.78 Å². The molecule has 1 fully saturated rings. The maximum atomic E-state index is 13.5. The Morgan fingerprint density at radius 2 is 1.93 bits per heavy atom. The van der Waals surface area contributed by atoms with E-state index in [1.165, 1.54) is 0 Å². The molecule has 29 heavy (non-hydrogen) atoms. The molecule has 1 saturated heterocycles. The van der Waals surface area contributed by atoms with E-state index in [0.29, 0.717) is 13.1 Å². The third-order valence-corrected chi connectivity index (χ3v) is 5.60. The van der Waals surface area contributed by atoms with E-state index in [9.17, 15) is 13.6 Å². The highest BCUT2D eigenvalue weighted by atomic mass is 19.1. The van der Waals surface area contributed by atoms with Crippen molar-refractivity contribution >= 4 is 16.7 Å². The zero-order valence-corrected chi connectivity index (χ0v) is 16.4. The molecule has 1 aliphatic rings. The first-order chi connectivity index (χ1) is 14.0. The maximum Gasteiger partial charge on any atom is 0.254 e. The molecule has 1 unspecified atom stereocenters. The van der Waals surface area contributed by atoms with Gasteiger partial charge in [0.1, 0.15) is 17.4 Å². The normalized spacial score (nSPS) is 16.8. The number of fused-ring (bicyclic) bond motifs is 1. The Balaban J connectivity index is 1.61. The van der Waals surface area contributed by atoms with Gasteiger partial charge in [-0.1, -0.05) is 0 Å². The van der Waals surface area contributed by atoms with Gasteiger partial charge < -0.3 is 9.64 Å². The van der Waals surface area contributed by atoms with Crippen LogP contribution < -0.4 is 4.74 Å². The number of halogens is 2. The number of hydrogen-bond acceptors (Lipinski definition) is 3. The smallest absolute Gasteiger partial charge is 0.254 e. The van der Waals surface area contributed by atoms with Crippen molar-refractivity contribution in [3.8, 4) is 5.75 Å². The minimum atomic E-state index is -0.748. The van der Waals surface area contributed by atoms with Crippen LogP contribution in [0.25, 0.3) is 10.8 Å². The quantitative estimate of drug-likeness (QED) is 0.636. The van der Waals surface area contributed by atoms with E-state index in [0.717, 1.165) is 58.8 Å².